The molecular formula is C16H13ClN4O3. The summed E-state index contributed by atoms with van der Waals surface area (Å²) in [6, 6.07) is 8.56. The Balaban J connectivity index is 2.50. The Bertz CT molecular complexity index is 847. The number of halogens is 1. The second-order valence-corrected chi connectivity index (χ2v) is 5.32. The van der Waals surface area contributed by atoms with Crippen LogP contribution in [0.1, 0.15) is 12.0 Å². The van der Waals surface area contributed by atoms with Crippen molar-refractivity contribution in [2.45, 2.75) is 13.0 Å². The standard InChI is InChI=1S/C16H13ClN4O3/c17-13-3-1-10(2-4-13)15-12(7-11(8-18)16(19)24)9-21(20-15)6-5-14(22)23/h1-4,7,9H,5-6H2,(H2,19,24)(H,22,23)/b11-7-. The predicted octanol–water partition coefficient (Wildman–Crippen LogP) is 2.07. The van der Waals surface area contributed by atoms with E-state index in [9.17, 15) is 9.59 Å². The first-order valence-corrected chi connectivity index (χ1v) is 7.25. The molecule has 0 bridgehead atoms. The maximum absolute atomic E-state index is 11.3. The Kier molecular flexibility index (Phi) is 5.35. The van der Waals surface area contributed by atoms with Crippen molar-refractivity contribution in [1.29, 1.82) is 5.26 Å². The van der Waals surface area contributed by atoms with Crippen LogP contribution in [-0.4, -0.2) is 26.8 Å². The minimum atomic E-state index is -0.953. The van der Waals surface area contributed by atoms with Crippen molar-refractivity contribution in [2.75, 3.05) is 0 Å². The number of aryl methyl sites for hydroxylation is 1. The van der Waals surface area contributed by atoms with E-state index in [-0.39, 0.29) is 18.5 Å². The molecule has 2 rings (SSSR count). The van der Waals surface area contributed by atoms with Gasteiger partial charge in [-0.25, -0.2) is 0 Å². The lowest BCUT2D eigenvalue weighted by Gasteiger charge is -2.00. The number of hydrogen-bond acceptors (Lipinski definition) is 4. The number of nitriles is 1. The number of nitrogens with zero attached hydrogens (tertiary/aromatic N) is 3. The molecule has 1 heterocycles. The highest BCUT2D eigenvalue weighted by Gasteiger charge is 2.13. The highest BCUT2D eigenvalue weighted by molar-refractivity contribution is 6.30. The van der Waals surface area contributed by atoms with Crippen molar-refractivity contribution < 1.29 is 14.7 Å². The van der Waals surface area contributed by atoms with Crippen molar-refractivity contribution in [3.8, 4) is 17.3 Å². The zero-order valence-electron chi connectivity index (χ0n) is 12.4. The lowest BCUT2D eigenvalue weighted by atomic mass is 10.1. The topological polar surface area (TPSA) is 122 Å². The van der Waals surface area contributed by atoms with E-state index in [1.807, 2.05) is 0 Å². The SMILES string of the molecule is N#C/C(=C/c1cn(CCC(=O)O)nc1-c1ccc(Cl)cc1)C(N)=O. The van der Waals surface area contributed by atoms with Crippen LogP contribution in [0.3, 0.4) is 0 Å². The van der Waals surface area contributed by atoms with E-state index in [1.165, 1.54) is 10.8 Å². The molecule has 0 aliphatic rings. The molecule has 0 fully saturated rings. The van der Waals surface area contributed by atoms with Crippen molar-refractivity contribution in [3.05, 3.63) is 46.6 Å². The number of rotatable bonds is 6. The van der Waals surface area contributed by atoms with E-state index in [0.717, 1.165) is 0 Å². The van der Waals surface area contributed by atoms with Crippen LogP contribution in [0.5, 0.6) is 0 Å². The van der Waals surface area contributed by atoms with E-state index < -0.39 is 11.9 Å². The molecule has 0 saturated carbocycles. The van der Waals surface area contributed by atoms with E-state index in [4.69, 9.17) is 27.7 Å². The van der Waals surface area contributed by atoms with Crippen LogP contribution in [0.4, 0.5) is 0 Å². The quantitative estimate of drug-likeness (QED) is 0.613. The fraction of sp³-hybridized carbons (Fsp3) is 0.125. The molecule has 0 spiro atoms. The number of carbonyl (C=O) groups excluding carboxylic acids is 1. The maximum Gasteiger partial charge on any atom is 0.305 e. The summed E-state index contributed by atoms with van der Waals surface area (Å²) in [7, 11) is 0. The van der Waals surface area contributed by atoms with Crippen LogP contribution in [0.15, 0.2) is 36.0 Å². The molecule has 24 heavy (non-hydrogen) atoms. The van der Waals surface area contributed by atoms with Gasteiger partial charge in [0.1, 0.15) is 11.6 Å². The summed E-state index contributed by atoms with van der Waals surface area (Å²) in [6.07, 6.45) is 2.79. The summed E-state index contributed by atoms with van der Waals surface area (Å²) in [5.41, 5.74) is 6.62. The number of amides is 1. The Labute approximate surface area is 142 Å². The van der Waals surface area contributed by atoms with E-state index >= 15 is 0 Å². The number of hydrogen-bond donors (Lipinski definition) is 2. The van der Waals surface area contributed by atoms with Crippen LogP contribution in [0.25, 0.3) is 17.3 Å². The third kappa shape index (κ3) is 4.21. The van der Waals surface area contributed by atoms with Gasteiger partial charge in [-0.2, -0.15) is 10.4 Å². The minimum Gasteiger partial charge on any atom is -0.481 e. The Morgan fingerprint density at radius 3 is 2.58 bits per heavy atom. The molecule has 1 aromatic heterocycles. The fourth-order valence-corrected chi connectivity index (χ4v) is 2.14. The Hall–Kier alpha value is -3.11. The van der Waals surface area contributed by atoms with Crippen molar-refractivity contribution >= 4 is 29.6 Å². The first kappa shape index (κ1) is 17.2. The van der Waals surface area contributed by atoms with Gasteiger partial charge in [-0.3, -0.25) is 14.3 Å². The molecule has 0 saturated heterocycles. The maximum atomic E-state index is 11.3. The molecule has 2 aromatic rings. The lowest BCUT2D eigenvalue weighted by Crippen LogP contribution is -2.12. The number of aromatic nitrogens is 2. The second kappa shape index (κ2) is 7.44. The molecule has 0 aliphatic heterocycles. The van der Waals surface area contributed by atoms with E-state index in [0.29, 0.717) is 21.8 Å². The van der Waals surface area contributed by atoms with Gasteiger partial charge in [0.05, 0.1) is 18.7 Å². The summed E-state index contributed by atoms with van der Waals surface area (Å²) >= 11 is 5.87. The molecule has 0 atom stereocenters. The summed E-state index contributed by atoms with van der Waals surface area (Å²) in [6.45, 7) is 0.155. The third-order valence-electron chi connectivity index (χ3n) is 3.15. The lowest BCUT2D eigenvalue weighted by molar-refractivity contribution is -0.137. The van der Waals surface area contributed by atoms with Gasteiger partial charge in [0.15, 0.2) is 0 Å². The van der Waals surface area contributed by atoms with Crippen molar-refractivity contribution in [2.24, 2.45) is 5.73 Å². The molecule has 0 unspecified atom stereocenters. The zero-order valence-corrected chi connectivity index (χ0v) is 13.2. The molecule has 1 aromatic carbocycles. The molecule has 7 nitrogen and oxygen atoms in total. The molecule has 1 amide bonds. The van der Waals surface area contributed by atoms with Crippen LogP contribution in [0.2, 0.25) is 5.02 Å². The van der Waals surface area contributed by atoms with Crippen LogP contribution in [-0.2, 0) is 16.1 Å². The number of primary amides is 1. The molecule has 0 radical (unpaired) electrons. The summed E-state index contributed by atoms with van der Waals surface area (Å²) in [4.78, 5) is 22.0. The summed E-state index contributed by atoms with van der Waals surface area (Å²) < 4.78 is 1.44. The van der Waals surface area contributed by atoms with Gasteiger partial charge in [0.2, 0.25) is 0 Å². The van der Waals surface area contributed by atoms with Gasteiger partial charge in [-0.1, -0.05) is 23.7 Å². The summed E-state index contributed by atoms with van der Waals surface area (Å²) in [5.74, 6) is -1.80. The number of aliphatic carboxylic acids is 1. The van der Waals surface area contributed by atoms with Crippen molar-refractivity contribution in [1.82, 2.24) is 9.78 Å². The average Bonchev–Trinajstić information content (AvgIpc) is 2.94. The first-order valence-electron chi connectivity index (χ1n) is 6.87. The molecule has 0 aliphatic carbocycles. The smallest absolute Gasteiger partial charge is 0.305 e. The number of benzene rings is 1. The highest BCUT2D eigenvalue weighted by Crippen LogP contribution is 2.25. The van der Waals surface area contributed by atoms with Gasteiger partial charge >= 0.3 is 5.97 Å². The van der Waals surface area contributed by atoms with Gasteiger partial charge < -0.3 is 10.8 Å². The number of carboxylic acids is 1. The summed E-state index contributed by atoms with van der Waals surface area (Å²) in [5, 5.41) is 22.7. The number of carboxylic acid groups (broad SMARTS) is 1. The minimum absolute atomic E-state index is 0.105. The number of nitrogens with two attached hydrogens (primary N) is 1. The average molecular weight is 345 g/mol. The van der Waals surface area contributed by atoms with Crippen molar-refractivity contribution in [3.63, 3.8) is 0 Å². The van der Waals surface area contributed by atoms with E-state index in [2.05, 4.69) is 5.10 Å². The van der Waals surface area contributed by atoms with E-state index in [1.54, 1.807) is 36.5 Å². The molecule has 122 valence electrons. The number of carbonyl (C=O) groups is 2. The fourth-order valence-electron chi connectivity index (χ4n) is 2.01. The van der Waals surface area contributed by atoms with Gasteiger partial charge in [-0.15, -0.1) is 0 Å². The Morgan fingerprint density at radius 1 is 1.38 bits per heavy atom. The normalized spacial score (nSPS) is 11.1. The largest absolute Gasteiger partial charge is 0.481 e. The highest BCUT2D eigenvalue weighted by atomic mass is 35.5. The van der Waals surface area contributed by atoms with Gasteiger partial charge in [-0.05, 0) is 18.2 Å². The molecular weight excluding hydrogens is 332 g/mol. The third-order valence-corrected chi connectivity index (χ3v) is 3.40. The van der Waals surface area contributed by atoms with Crippen LogP contribution >= 0.6 is 11.6 Å². The Morgan fingerprint density at radius 2 is 2.04 bits per heavy atom. The molecule has 8 heteroatoms. The second-order valence-electron chi connectivity index (χ2n) is 4.88. The zero-order chi connectivity index (χ0) is 17.7. The predicted molar refractivity (Wildman–Crippen MR) is 87.7 cm³/mol. The van der Waals surface area contributed by atoms with Crippen LogP contribution < -0.4 is 5.73 Å². The van der Waals surface area contributed by atoms with Gasteiger partial charge in [0.25, 0.3) is 5.91 Å². The first-order chi connectivity index (χ1) is 11.4. The molecule has 3 N–H and O–H groups in total. The van der Waals surface area contributed by atoms with Crippen LogP contribution in [0, 0.1) is 11.3 Å². The monoisotopic (exact) mass is 344 g/mol. The van der Waals surface area contributed by atoms with Gasteiger partial charge in [0, 0.05) is 22.3 Å².